The van der Waals surface area contributed by atoms with Gasteiger partial charge in [0, 0.05) is 24.3 Å². The first-order valence-electron chi connectivity index (χ1n) is 6.55. The van der Waals surface area contributed by atoms with Gasteiger partial charge in [0.2, 0.25) is 0 Å². The second kappa shape index (κ2) is 4.96. The van der Waals surface area contributed by atoms with E-state index in [4.69, 9.17) is 0 Å². The van der Waals surface area contributed by atoms with E-state index in [9.17, 15) is 9.18 Å². The molecule has 1 aliphatic carbocycles. The molecule has 98 valence electrons. The number of halogens is 1. The summed E-state index contributed by atoms with van der Waals surface area (Å²) >= 11 is 0. The zero-order chi connectivity index (χ0) is 13.2. The smallest absolute Gasteiger partial charge is 0.132 e. The quantitative estimate of drug-likeness (QED) is 0.896. The molecule has 19 heavy (non-hydrogen) atoms. The van der Waals surface area contributed by atoms with Crippen molar-refractivity contribution >= 4 is 5.78 Å². The predicted molar refractivity (Wildman–Crippen MR) is 70.2 cm³/mol. The lowest BCUT2D eigenvalue weighted by molar-refractivity contribution is -0.120. The second-order valence-corrected chi connectivity index (χ2v) is 5.01. The van der Waals surface area contributed by atoms with Crippen LogP contribution in [0.2, 0.25) is 0 Å². The lowest BCUT2D eigenvalue weighted by Gasteiger charge is -2.18. The summed E-state index contributed by atoms with van der Waals surface area (Å²) in [6.45, 7) is 0. The highest BCUT2D eigenvalue weighted by Gasteiger charge is 2.22. The van der Waals surface area contributed by atoms with Crippen molar-refractivity contribution in [1.82, 2.24) is 9.97 Å². The van der Waals surface area contributed by atoms with Gasteiger partial charge in [-0.05, 0) is 25.0 Å². The molecule has 1 aliphatic rings. The van der Waals surface area contributed by atoms with E-state index < -0.39 is 0 Å². The van der Waals surface area contributed by atoms with Gasteiger partial charge in [-0.2, -0.15) is 0 Å². The van der Waals surface area contributed by atoms with E-state index in [-0.39, 0.29) is 5.82 Å². The number of carbonyl (C=O) groups excluding carboxylic acids is 1. The normalized spacial score (nSPS) is 16.8. The third-order valence-electron chi connectivity index (χ3n) is 3.66. The average molecular weight is 258 g/mol. The van der Waals surface area contributed by atoms with Crippen LogP contribution in [0.15, 0.2) is 30.5 Å². The lowest BCUT2D eigenvalue weighted by atomic mass is 9.88. The van der Waals surface area contributed by atoms with Gasteiger partial charge in [0.1, 0.15) is 17.4 Å². The maximum Gasteiger partial charge on any atom is 0.132 e. The van der Waals surface area contributed by atoms with Gasteiger partial charge in [0.15, 0.2) is 0 Å². The van der Waals surface area contributed by atoms with Gasteiger partial charge in [-0.3, -0.25) is 4.79 Å². The predicted octanol–water partition coefficient (Wildman–Crippen LogP) is 3.44. The molecule has 1 fully saturated rings. The Labute approximate surface area is 110 Å². The van der Waals surface area contributed by atoms with Crippen molar-refractivity contribution in [3.8, 4) is 11.3 Å². The number of aromatic amines is 1. The largest absolute Gasteiger partial charge is 0.342 e. The van der Waals surface area contributed by atoms with Crippen LogP contribution in [-0.4, -0.2) is 15.8 Å². The van der Waals surface area contributed by atoms with Crippen molar-refractivity contribution in [3.63, 3.8) is 0 Å². The van der Waals surface area contributed by atoms with Crippen molar-refractivity contribution in [2.45, 2.75) is 31.6 Å². The number of rotatable bonds is 2. The summed E-state index contributed by atoms with van der Waals surface area (Å²) in [5.74, 6) is 1.32. The highest BCUT2D eigenvalue weighted by molar-refractivity contribution is 5.79. The fourth-order valence-electron chi connectivity index (χ4n) is 2.56. The van der Waals surface area contributed by atoms with Crippen LogP contribution in [0.1, 0.15) is 37.4 Å². The minimum atomic E-state index is -0.253. The summed E-state index contributed by atoms with van der Waals surface area (Å²) < 4.78 is 13.2. The molecule has 0 saturated heterocycles. The Bertz CT molecular complexity index is 596. The van der Waals surface area contributed by atoms with Gasteiger partial charge in [-0.15, -0.1) is 0 Å². The van der Waals surface area contributed by atoms with E-state index >= 15 is 0 Å². The van der Waals surface area contributed by atoms with Gasteiger partial charge >= 0.3 is 0 Å². The fraction of sp³-hybridized carbons (Fsp3) is 0.333. The zero-order valence-electron chi connectivity index (χ0n) is 10.5. The molecule has 4 heteroatoms. The molecular weight excluding hydrogens is 243 g/mol. The number of aromatic nitrogens is 2. The molecule has 1 N–H and O–H groups in total. The molecule has 0 radical (unpaired) electrons. The molecule has 1 saturated carbocycles. The van der Waals surface area contributed by atoms with E-state index in [1.807, 2.05) is 6.07 Å². The molecule has 3 nitrogen and oxygen atoms in total. The molecule has 0 bridgehead atoms. The number of imidazole rings is 1. The van der Waals surface area contributed by atoms with Crippen LogP contribution < -0.4 is 0 Å². The standard InChI is InChI=1S/C15H15FN2O/c16-12-3-1-2-11(8-12)14-9-17-15(18-14)10-4-6-13(19)7-5-10/h1-3,8-10H,4-7H2,(H,17,18). The molecule has 0 atom stereocenters. The Morgan fingerprint density at radius 3 is 2.79 bits per heavy atom. The first kappa shape index (κ1) is 12.1. The SMILES string of the molecule is O=C1CCC(c2ncc(-c3cccc(F)c3)[nH]2)CC1. The first-order chi connectivity index (χ1) is 9.22. The van der Waals surface area contributed by atoms with Crippen LogP contribution in [0.3, 0.4) is 0 Å². The molecule has 1 heterocycles. The molecule has 0 aliphatic heterocycles. The minimum Gasteiger partial charge on any atom is -0.342 e. The molecular formula is C15H15FN2O. The highest BCUT2D eigenvalue weighted by atomic mass is 19.1. The zero-order valence-corrected chi connectivity index (χ0v) is 10.5. The first-order valence-corrected chi connectivity index (χ1v) is 6.55. The van der Waals surface area contributed by atoms with Gasteiger partial charge in [-0.1, -0.05) is 12.1 Å². The molecule has 0 unspecified atom stereocenters. The number of Topliss-reactive ketones (excluding diaryl/α,β-unsaturated/α-hetero) is 1. The monoisotopic (exact) mass is 258 g/mol. The van der Waals surface area contributed by atoms with E-state index in [2.05, 4.69) is 9.97 Å². The van der Waals surface area contributed by atoms with Crippen molar-refractivity contribution in [3.05, 3.63) is 42.1 Å². The summed E-state index contributed by atoms with van der Waals surface area (Å²) in [7, 11) is 0. The van der Waals surface area contributed by atoms with Crippen LogP contribution in [0.5, 0.6) is 0 Å². The highest BCUT2D eigenvalue weighted by Crippen LogP contribution is 2.30. The summed E-state index contributed by atoms with van der Waals surface area (Å²) in [5, 5.41) is 0. The Kier molecular flexibility index (Phi) is 3.15. The van der Waals surface area contributed by atoms with Gasteiger partial charge in [-0.25, -0.2) is 9.37 Å². The van der Waals surface area contributed by atoms with Crippen LogP contribution in [0, 0.1) is 5.82 Å². The van der Waals surface area contributed by atoms with Gasteiger partial charge in [0.25, 0.3) is 0 Å². The molecule has 1 aromatic heterocycles. The van der Waals surface area contributed by atoms with Crippen LogP contribution in [0.4, 0.5) is 4.39 Å². The Balaban J connectivity index is 1.81. The molecule has 3 rings (SSSR count). The van der Waals surface area contributed by atoms with Gasteiger partial charge in [0.05, 0.1) is 11.9 Å². The topological polar surface area (TPSA) is 45.8 Å². The van der Waals surface area contributed by atoms with Crippen molar-refractivity contribution < 1.29 is 9.18 Å². The van der Waals surface area contributed by atoms with Crippen LogP contribution in [-0.2, 0) is 4.79 Å². The Morgan fingerprint density at radius 2 is 2.05 bits per heavy atom. The fourth-order valence-corrected chi connectivity index (χ4v) is 2.56. The molecule has 0 spiro atoms. The molecule has 1 aromatic carbocycles. The number of hydrogen-bond acceptors (Lipinski definition) is 2. The number of H-pyrrole nitrogens is 1. The lowest BCUT2D eigenvalue weighted by Crippen LogP contribution is -2.13. The summed E-state index contributed by atoms with van der Waals surface area (Å²) in [4.78, 5) is 18.9. The number of nitrogens with one attached hydrogen (secondary N) is 1. The molecule has 0 amide bonds. The van der Waals surface area contributed by atoms with Crippen molar-refractivity contribution in [1.29, 1.82) is 0 Å². The van der Waals surface area contributed by atoms with E-state index in [1.54, 1.807) is 12.3 Å². The van der Waals surface area contributed by atoms with E-state index in [0.29, 0.717) is 24.5 Å². The summed E-state index contributed by atoms with van der Waals surface area (Å²) in [6, 6.07) is 6.45. The third-order valence-corrected chi connectivity index (χ3v) is 3.66. The number of hydrogen-bond donors (Lipinski definition) is 1. The van der Waals surface area contributed by atoms with Crippen molar-refractivity contribution in [2.24, 2.45) is 0 Å². The van der Waals surface area contributed by atoms with Crippen LogP contribution in [0.25, 0.3) is 11.3 Å². The second-order valence-electron chi connectivity index (χ2n) is 5.01. The van der Waals surface area contributed by atoms with Crippen molar-refractivity contribution in [2.75, 3.05) is 0 Å². The van der Waals surface area contributed by atoms with Gasteiger partial charge < -0.3 is 4.98 Å². The minimum absolute atomic E-state index is 0.253. The third kappa shape index (κ3) is 2.57. The number of ketones is 1. The number of carbonyl (C=O) groups is 1. The summed E-state index contributed by atoms with van der Waals surface area (Å²) in [5.41, 5.74) is 1.62. The van der Waals surface area contributed by atoms with E-state index in [0.717, 1.165) is 29.9 Å². The maximum atomic E-state index is 13.2. The summed E-state index contributed by atoms with van der Waals surface area (Å²) in [6.07, 6.45) is 4.73. The van der Waals surface area contributed by atoms with E-state index in [1.165, 1.54) is 12.1 Å². The number of benzene rings is 1. The maximum absolute atomic E-state index is 13.2. The van der Waals surface area contributed by atoms with Crippen LogP contribution >= 0.6 is 0 Å². The Hall–Kier alpha value is -1.97. The Morgan fingerprint density at radius 1 is 1.26 bits per heavy atom. The number of nitrogens with zero attached hydrogens (tertiary/aromatic N) is 1. The molecule has 2 aromatic rings. The average Bonchev–Trinajstić information content (AvgIpc) is 2.89.